The van der Waals surface area contributed by atoms with Crippen molar-refractivity contribution in [2.45, 2.75) is 116 Å². The summed E-state index contributed by atoms with van der Waals surface area (Å²) in [5.74, 6) is 0. The Kier molecular flexibility index (Phi) is 136. The van der Waals surface area contributed by atoms with Gasteiger partial charge in [0.1, 0.15) is 0 Å². The Hall–Kier alpha value is 5.13. The number of halogens is 5. The summed E-state index contributed by atoms with van der Waals surface area (Å²) in [4.78, 5) is 0. The molecule has 0 saturated heterocycles. The van der Waals surface area contributed by atoms with Crippen LogP contribution in [0.2, 0.25) is 0 Å². The third kappa shape index (κ3) is 118. The molecular weight excluding hydrogens is 1150 g/mol. The van der Waals surface area contributed by atoms with Gasteiger partial charge in [0.15, 0.2) is 0 Å². The summed E-state index contributed by atoms with van der Waals surface area (Å²) in [7, 11) is 10.3. The predicted molar refractivity (Wildman–Crippen MR) is 269 cm³/mol. The number of allylic oxidation sites excluding steroid dienone is 1. The number of hydrogen-bond donors (Lipinski definition) is 0. The molecule has 0 aromatic heterocycles. The molecule has 0 aromatic carbocycles. The zero-order valence-corrected chi connectivity index (χ0v) is 48.2. The highest BCUT2D eigenvalue weighted by molar-refractivity contribution is 14.1. The molecule has 0 atom stereocenters. The highest BCUT2D eigenvalue weighted by atomic mass is 127. The lowest BCUT2D eigenvalue weighted by Crippen LogP contribution is -2.68. The van der Waals surface area contributed by atoms with Crippen LogP contribution in [0.15, 0.2) is 12.7 Å². The Bertz CT molecular complexity index is 251. The zero-order chi connectivity index (χ0) is 26.9. The fourth-order valence-corrected chi connectivity index (χ4v) is 3.59. The van der Waals surface area contributed by atoms with E-state index in [2.05, 4.69) is 147 Å². The normalized spacial score (nSPS) is 11.4. The summed E-state index contributed by atoms with van der Waals surface area (Å²) in [6, 6.07) is 0. The van der Waals surface area contributed by atoms with Crippen LogP contribution in [-0.2, 0) is 0 Å². The third-order valence-electron chi connectivity index (χ3n) is 4.31. The number of unbranched alkanes of at least 4 members (excludes halogenated alkanes) is 4. The van der Waals surface area contributed by atoms with Gasteiger partial charge in [0, 0.05) is 4.43 Å². The van der Waals surface area contributed by atoms with Crippen molar-refractivity contribution in [1.82, 2.24) is 0 Å². The van der Waals surface area contributed by atoms with Crippen LogP contribution in [-0.4, -0.2) is 93.0 Å². The summed E-state index contributed by atoms with van der Waals surface area (Å²) >= 11 is 11.8. The second kappa shape index (κ2) is 68.3. The number of hydrogen-bond acceptors (Lipinski definition) is 0. The fraction of sp³-hybridized carbons (Fsp3) is 0.917. The van der Waals surface area contributed by atoms with Gasteiger partial charge in [-0.2, -0.15) is 0 Å². The monoisotopic (exact) mass is 1230 g/mol. The molecule has 0 fully saturated rings. The van der Waals surface area contributed by atoms with Gasteiger partial charge in [-0.15, -0.1) is 6.58 Å². The molecule has 0 unspecified atom stereocenters. The van der Waals surface area contributed by atoms with Gasteiger partial charge < -0.3 is 0 Å². The van der Waals surface area contributed by atoms with Crippen LogP contribution >= 0.6 is 113 Å². The molecule has 0 radical (unpaired) electrons. The SMILES string of the molecule is C.C.C.C.C.C=CCI.CCCCI.CCCCI.CCCCI.CCCCI.[SiH3][Si]([SiH3])([SiH3])[Si]([SiH3])([SiH3])[SiH3]. The van der Waals surface area contributed by atoms with E-state index >= 15 is 0 Å². The van der Waals surface area contributed by atoms with E-state index in [4.69, 9.17) is 0 Å². The molecule has 0 spiro atoms. The lowest BCUT2D eigenvalue weighted by Gasteiger charge is -2.31. The van der Waals surface area contributed by atoms with E-state index in [1.807, 2.05) is 6.08 Å². The van der Waals surface area contributed by atoms with Crippen LogP contribution in [0.3, 0.4) is 0 Å². The van der Waals surface area contributed by atoms with Gasteiger partial charge in [0.25, 0.3) is 0 Å². The minimum atomic E-state index is -0.118. The standard InChI is InChI=1S/4C4H9I.C3H5I.5CH4.H18Si8/c4*1-2-3-4-5;1-2-3-4;;;;;;1-7(2,3)8(4,5)6/h4*2-4H2,1H3;2H,1,3H2;5*1H4;1-6H3. The van der Waals surface area contributed by atoms with Gasteiger partial charge in [0.05, 0.1) is 0 Å². The van der Waals surface area contributed by atoms with Gasteiger partial charge in [-0.3, -0.25) is 0 Å². The molecule has 0 aliphatic heterocycles. The molecule has 0 amide bonds. The molecule has 0 aliphatic rings. The topological polar surface area (TPSA) is 0 Å². The van der Waals surface area contributed by atoms with Crippen LogP contribution in [0.1, 0.15) is 116 Å². The maximum absolute atomic E-state index is 3.47. The Balaban J connectivity index is -0.0000000240. The minimum absolute atomic E-state index is 0. The molecule has 0 bridgehead atoms. The average Bonchev–Trinajstić information content (AvgIpc) is 2.71. The van der Waals surface area contributed by atoms with Crippen LogP contribution in [0.5, 0.6) is 0 Å². The van der Waals surface area contributed by atoms with E-state index in [0.29, 0.717) is 0 Å². The zero-order valence-electron chi connectivity index (χ0n) is 23.4. The second-order valence-corrected chi connectivity index (χ2v) is 131. The lowest BCUT2D eigenvalue weighted by atomic mass is 10.4. The van der Waals surface area contributed by atoms with Crippen LogP contribution in [0.4, 0.5) is 0 Å². The molecule has 0 heterocycles. The summed E-state index contributed by atoms with van der Waals surface area (Å²) in [6.45, 7) is 12.3. The summed E-state index contributed by atoms with van der Waals surface area (Å²) in [5, 5.41) is 0. The second-order valence-electron chi connectivity index (χ2n) is 9.11. The number of rotatable bonds is 10. The maximum atomic E-state index is 3.47. The first-order chi connectivity index (χ1) is 14.8. The van der Waals surface area contributed by atoms with Crippen molar-refractivity contribution in [3.63, 3.8) is 0 Å². The highest BCUT2D eigenvalue weighted by Gasteiger charge is 2.30. The van der Waals surface area contributed by atoms with Crippen LogP contribution in [0, 0.1) is 0 Å². The predicted octanol–water partition coefficient (Wildman–Crippen LogP) is 5.81. The molecule has 0 nitrogen and oxygen atoms in total. The first kappa shape index (κ1) is 73.5. The lowest BCUT2D eigenvalue weighted by molar-refractivity contribution is 0.907. The van der Waals surface area contributed by atoms with Gasteiger partial charge in [-0.1, -0.05) is 210 Å². The average molecular weight is 1230 g/mol. The molecule has 0 aromatic rings. The first-order valence-electron chi connectivity index (χ1n) is 12.2. The summed E-state index contributed by atoms with van der Waals surface area (Å²) < 4.78 is 6.31. The van der Waals surface area contributed by atoms with E-state index in [1.54, 1.807) is 58.6 Å². The van der Waals surface area contributed by atoms with Gasteiger partial charge in [-0.25, -0.2) is 0 Å². The van der Waals surface area contributed by atoms with Crippen molar-refractivity contribution in [2.75, 3.05) is 22.1 Å². The largest absolute Gasteiger partial charge is 0.102 e. The summed E-state index contributed by atoms with van der Waals surface area (Å²) in [6.07, 6.45) is 12.5. The maximum Gasteiger partial charge on any atom is 0.0173 e. The van der Waals surface area contributed by atoms with E-state index in [0.717, 1.165) is 4.43 Å². The van der Waals surface area contributed by atoms with Crippen LogP contribution in [0.25, 0.3) is 0 Å². The molecule has 13 heteroatoms. The highest BCUT2D eigenvalue weighted by Crippen LogP contribution is 1.93. The van der Waals surface area contributed by atoms with E-state index in [9.17, 15) is 0 Å². The van der Waals surface area contributed by atoms with E-state index < -0.39 is 0 Å². The Morgan fingerprint density at radius 3 is 0.622 bits per heavy atom. The Morgan fingerprint density at radius 2 is 0.622 bits per heavy atom. The molecule has 242 valence electrons. The Labute approximate surface area is 329 Å². The van der Waals surface area contributed by atoms with Crippen molar-refractivity contribution in [2.24, 2.45) is 0 Å². The van der Waals surface area contributed by atoms with E-state index in [1.165, 1.54) is 69.1 Å². The molecule has 0 aliphatic carbocycles. The molecule has 0 N–H and O–H groups in total. The minimum Gasteiger partial charge on any atom is -0.102 e. The van der Waals surface area contributed by atoms with Gasteiger partial charge in [-0.05, 0) is 114 Å². The van der Waals surface area contributed by atoms with Crippen molar-refractivity contribution in [3.05, 3.63) is 12.7 Å². The smallest absolute Gasteiger partial charge is 0.0173 e. The number of alkyl halides is 5. The van der Waals surface area contributed by atoms with Gasteiger partial charge >= 0.3 is 0 Å². The van der Waals surface area contributed by atoms with Crippen molar-refractivity contribution < 1.29 is 0 Å². The first-order valence-corrected chi connectivity index (χ1v) is 45.9. The molecule has 0 rings (SSSR count). The quantitative estimate of drug-likeness (QED) is 0.112. The summed E-state index contributed by atoms with van der Waals surface area (Å²) in [5.41, 5.74) is 0. The molecule has 0 saturated carbocycles. The molecule has 37 heavy (non-hydrogen) atoms. The van der Waals surface area contributed by atoms with Crippen LogP contribution < -0.4 is 0 Å². The van der Waals surface area contributed by atoms with Gasteiger partial charge in [0.2, 0.25) is 0 Å². The third-order valence-corrected chi connectivity index (χ3v) is 188. The van der Waals surface area contributed by atoms with Crippen molar-refractivity contribution in [1.29, 1.82) is 0 Å². The Morgan fingerprint density at radius 1 is 0.486 bits per heavy atom. The molecular formula is C24H79I5Si8. The van der Waals surface area contributed by atoms with E-state index in [-0.39, 0.29) is 49.4 Å². The fourth-order valence-electron chi connectivity index (χ4n) is 0.535. The van der Waals surface area contributed by atoms with Crippen molar-refractivity contribution in [3.8, 4) is 0 Å². The van der Waals surface area contributed by atoms with Crippen molar-refractivity contribution >= 4 is 184 Å².